The second kappa shape index (κ2) is 7.52. The molecule has 0 saturated carbocycles. The number of amides is 1. The molecule has 0 aliphatic carbocycles. The van der Waals surface area contributed by atoms with Gasteiger partial charge < -0.3 is 13.9 Å². The number of carbonyl (C=O) groups is 1. The molecule has 3 aromatic rings. The van der Waals surface area contributed by atoms with Crippen LogP contribution in [0.15, 0.2) is 46.9 Å². The van der Waals surface area contributed by atoms with Crippen LogP contribution in [0.2, 0.25) is 0 Å². The molecule has 0 aliphatic rings. The number of carbonyl (C=O) groups excluding carboxylic acids is 1. The van der Waals surface area contributed by atoms with Crippen molar-refractivity contribution in [2.75, 3.05) is 19.5 Å². The lowest BCUT2D eigenvalue weighted by Crippen LogP contribution is -2.14. The molecule has 0 aliphatic heterocycles. The number of hydrogen-bond donors (Lipinski definition) is 1. The summed E-state index contributed by atoms with van der Waals surface area (Å²) in [5, 5.41) is 21.0. The second-order valence-corrected chi connectivity index (χ2v) is 5.18. The summed E-state index contributed by atoms with van der Waals surface area (Å²) in [5.74, 6) is -0.0952. The maximum atomic E-state index is 12.6. The topological polar surface area (TPSA) is 130 Å². The summed E-state index contributed by atoms with van der Waals surface area (Å²) in [6.45, 7) is 0. The summed E-state index contributed by atoms with van der Waals surface area (Å²) < 4.78 is 15.7. The fourth-order valence-electron chi connectivity index (χ4n) is 2.43. The Hall–Kier alpha value is -3.95. The van der Waals surface area contributed by atoms with E-state index in [-0.39, 0.29) is 28.7 Å². The fourth-order valence-corrected chi connectivity index (χ4v) is 2.43. The Bertz CT molecular complexity index is 978. The van der Waals surface area contributed by atoms with E-state index in [4.69, 9.17) is 13.9 Å². The number of nitro benzene ring substituents is 1. The normalized spacial score (nSPS) is 10.3. The molecular weight excluding hydrogens is 356 g/mol. The molecule has 1 heterocycles. The highest BCUT2D eigenvalue weighted by molar-refractivity contribution is 6.07. The molecule has 0 unspecified atom stereocenters. The number of anilines is 1. The molecule has 2 aromatic carbocycles. The molecule has 10 nitrogen and oxygen atoms in total. The summed E-state index contributed by atoms with van der Waals surface area (Å²) in [6.07, 6.45) is 0. The number of para-hydroxylation sites is 1. The number of ether oxygens (including phenoxy) is 2. The summed E-state index contributed by atoms with van der Waals surface area (Å²) in [4.78, 5) is 23.2. The standard InChI is InChI=1S/C17H14N4O6/c1-25-12-8-5-9-13(26-2)14(12)15(22)18-17-20-19-16(27-17)10-6-3-4-7-11(10)21(23)24/h3-9H,1-2H3,(H,18,20,22). The lowest BCUT2D eigenvalue weighted by atomic mass is 10.1. The Morgan fingerprint density at radius 3 is 2.37 bits per heavy atom. The van der Waals surface area contributed by atoms with Crippen LogP contribution in [0.5, 0.6) is 11.5 Å². The molecule has 1 aromatic heterocycles. The summed E-state index contributed by atoms with van der Waals surface area (Å²) in [7, 11) is 2.84. The number of aromatic nitrogens is 2. The van der Waals surface area contributed by atoms with Gasteiger partial charge in [-0.3, -0.25) is 20.2 Å². The number of nitrogens with one attached hydrogen (secondary N) is 1. The van der Waals surface area contributed by atoms with Gasteiger partial charge in [0.05, 0.1) is 19.1 Å². The zero-order chi connectivity index (χ0) is 19.4. The Morgan fingerprint density at radius 2 is 1.74 bits per heavy atom. The van der Waals surface area contributed by atoms with Gasteiger partial charge in [0.15, 0.2) is 0 Å². The third-order valence-corrected chi connectivity index (χ3v) is 3.63. The maximum absolute atomic E-state index is 12.6. The number of nitrogens with zero attached hydrogens (tertiary/aromatic N) is 3. The van der Waals surface area contributed by atoms with Crippen LogP contribution >= 0.6 is 0 Å². The van der Waals surface area contributed by atoms with Crippen molar-refractivity contribution in [3.63, 3.8) is 0 Å². The van der Waals surface area contributed by atoms with Crippen LogP contribution in [0, 0.1) is 10.1 Å². The van der Waals surface area contributed by atoms with Crippen molar-refractivity contribution >= 4 is 17.6 Å². The highest BCUT2D eigenvalue weighted by atomic mass is 16.6. The molecule has 1 N–H and O–H groups in total. The van der Waals surface area contributed by atoms with Crippen molar-refractivity contribution in [1.29, 1.82) is 0 Å². The molecular formula is C17H14N4O6. The SMILES string of the molecule is COc1cccc(OC)c1C(=O)Nc1nnc(-c2ccccc2[N+](=O)[O-])o1. The van der Waals surface area contributed by atoms with E-state index in [0.29, 0.717) is 11.5 Å². The van der Waals surface area contributed by atoms with Crippen molar-refractivity contribution in [3.8, 4) is 23.0 Å². The number of benzene rings is 2. The molecule has 27 heavy (non-hydrogen) atoms. The predicted octanol–water partition coefficient (Wildman–Crippen LogP) is 2.91. The van der Waals surface area contributed by atoms with E-state index < -0.39 is 10.8 Å². The molecule has 138 valence electrons. The highest BCUT2D eigenvalue weighted by Gasteiger charge is 2.23. The lowest BCUT2D eigenvalue weighted by molar-refractivity contribution is -0.384. The van der Waals surface area contributed by atoms with E-state index in [9.17, 15) is 14.9 Å². The monoisotopic (exact) mass is 370 g/mol. The van der Waals surface area contributed by atoms with E-state index in [2.05, 4.69) is 15.5 Å². The molecule has 0 atom stereocenters. The Kier molecular flexibility index (Phi) is 4.97. The first-order chi connectivity index (χ1) is 13.0. The minimum atomic E-state index is -0.595. The minimum Gasteiger partial charge on any atom is -0.496 e. The van der Waals surface area contributed by atoms with E-state index >= 15 is 0 Å². The van der Waals surface area contributed by atoms with Crippen molar-refractivity contribution < 1.29 is 23.6 Å². The maximum Gasteiger partial charge on any atom is 0.322 e. The van der Waals surface area contributed by atoms with Gasteiger partial charge in [0, 0.05) is 6.07 Å². The van der Waals surface area contributed by atoms with Crippen LogP contribution in [0.3, 0.4) is 0 Å². The van der Waals surface area contributed by atoms with Gasteiger partial charge in [0.25, 0.3) is 17.5 Å². The van der Waals surface area contributed by atoms with Gasteiger partial charge in [0.2, 0.25) is 0 Å². The van der Waals surface area contributed by atoms with E-state index in [1.165, 1.54) is 32.4 Å². The Balaban J connectivity index is 1.90. The van der Waals surface area contributed by atoms with Gasteiger partial charge in [-0.25, -0.2) is 0 Å². The quantitative estimate of drug-likeness (QED) is 0.518. The highest BCUT2D eigenvalue weighted by Crippen LogP contribution is 2.31. The Labute approximate surface area is 152 Å². The number of hydrogen-bond acceptors (Lipinski definition) is 8. The van der Waals surface area contributed by atoms with Gasteiger partial charge in [-0.1, -0.05) is 23.3 Å². The van der Waals surface area contributed by atoms with Crippen molar-refractivity contribution in [2.24, 2.45) is 0 Å². The molecule has 0 saturated heterocycles. The van der Waals surface area contributed by atoms with Gasteiger partial charge in [-0.05, 0) is 18.2 Å². The first-order valence-corrected chi connectivity index (χ1v) is 7.64. The number of methoxy groups -OCH3 is 2. The van der Waals surface area contributed by atoms with Crippen LogP contribution in [0.25, 0.3) is 11.5 Å². The lowest BCUT2D eigenvalue weighted by Gasteiger charge is -2.11. The first-order valence-electron chi connectivity index (χ1n) is 7.64. The van der Waals surface area contributed by atoms with Crippen LogP contribution in [0.4, 0.5) is 11.7 Å². The van der Waals surface area contributed by atoms with E-state index in [0.717, 1.165) is 0 Å². The van der Waals surface area contributed by atoms with Gasteiger partial charge in [-0.15, -0.1) is 5.10 Å². The van der Waals surface area contributed by atoms with Crippen molar-refractivity contribution in [1.82, 2.24) is 10.2 Å². The van der Waals surface area contributed by atoms with Gasteiger partial charge in [-0.2, -0.15) is 0 Å². The predicted molar refractivity (Wildman–Crippen MR) is 93.9 cm³/mol. The molecule has 1 amide bonds. The molecule has 0 fully saturated rings. The van der Waals surface area contributed by atoms with Crippen LogP contribution in [0.1, 0.15) is 10.4 Å². The third-order valence-electron chi connectivity index (χ3n) is 3.63. The molecule has 10 heteroatoms. The minimum absolute atomic E-state index is 0.0930. The van der Waals surface area contributed by atoms with Crippen LogP contribution in [-0.2, 0) is 0 Å². The van der Waals surface area contributed by atoms with Crippen molar-refractivity contribution in [2.45, 2.75) is 0 Å². The summed E-state index contributed by atoms with van der Waals surface area (Å²) in [6, 6.07) is 10.6. The van der Waals surface area contributed by atoms with E-state index in [1.807, 2.05) is 0 Å². The van der Waals surface area contributed by atoms with Crippen LogP contribution < -0.4 is 14.8 Å². The van der Waals surface area contributed by atoms with Gasteiger partial charge >= 0.3 is 6.01 Å². The van der Waals surface area contributed by atoms with E-state index in [1.54, 1.807) is 24.3 Å². The molecule has 0 bridgehead atoms. The van der Waals surface area contributed by atoms with Crippen molar-refractivity contribution in [3.05, 3.63) is 58.1 Å². The molecule has 3 rings (SSSR count). The Morgan fingerprint density at radius 1 is 1.07 bits per heavy atom. The largest absolute Gasteiger partial charge is 0.496 e. The smallest absolute Gasteiger partial charge is 0.322 e. The molecule has 0 radical (unpaired) electrons. The average molecular weight is 370 g/mol. The fraction of sp³-hybridized carbons (Fsp3) is 0.118. The summed E-state index contributed by atoms with van der Waals surface area (Å²) in [5.41, 5.74) is 0.101. The third kappa shape index (κ3) is 3.54. The summed E-state index contributed by atoms with van der Waals surface area (Å²) >= 11 is 0. The van der Waals surface area contributed by atoms with Crippen LogP contribution in [-0.4, -0.2) is 35.2 Å². The average Bonchev–Trinajstić information content (AvgIpc) is 3.15. The number of nitro groups is 1. The molecule has 0 spiro atoms. The first kappa shape index (κ1) is 17.9. The van der Waals surface area contributed by atoms with Gasteiger partial charge in [0.1, 0.15) is 22.6 Å². The zero-order valence-electron chi connectivity index (χ0n) is 14.3. The zero-order valence-corrected chi connectivity index (χ0v) is 14.3. The second-order valence-electron chi connectivity index (χ2n) is 5.18. The number of rotatable bonds is 6.